The zero-order chi connectivity index (χ0) is 25.0. The number of carboxylic acid groups (broad SMARTS) is 2. The number of nitrogen functional groups attached to an aromatic ring is 1. The number of carbonyl (C=O) groups excluding carboxylic acids is 4. The number of nitrogens with zero attached hydrogens (tertiary/aromatic N) is 2. The third-order valence-electron chi connectivity index (χ3n) is 5.30. The van der Waals surface area contributed by atoms with Crippen molar-refractivity contribution < 1.29 is 29.4 Å². The van der Waals surface area contributed by atoms with Crippen LogP contribution in [0.2, 0.25) is 0 Å². The Bertz CT molecular complexity index is 1190. The normalized spacial score (nSPS) is 16.0. The Labute approximate surface area is 228 Å². The average Bonchev–Trinajstić information content (AvgIpc) is 2.79. The third-order valence-corrected chi connectivity index (χ3v) is 5.30. The van der Waals surface area contributed by atoms with E-state index in [1.165, 1.54) is 18.2 Å². The number of aromatic amines is 1. The molecule has 14 nitrogen and oxygen atoms in total. The molecule has 2 heterocycles. The SMILES string of the molecule is Nc1nc2c(c(=O)[nH]1)N(C=O)C(CNc1ccccc1C(=O)C(C[C@H](N)C(=O)[O-])C(=O)[O-])CN2.[Ca+2]. The molecule has 1 aliphatic heterocycles. The van der Waals surface area contributed by atoms with Crippen LogP contribution in [0.4, 0.5) is 23.1 Å². The molecule has 0 saturated carbocycles. The molecule has 0 fully saturated rings. The Morgan fingerprint density at radius 2 is 1.94 bits per heavy atom. The Kier molecular flexibility index (Phi) is 9.59. The van der Waals surface area contributed by atoms with Gasteiger partial charge in [-0.3, -0.25) is 19.4 Å². The van der Waals surface area contributed by atoms with Crippen LogP contribution in [0.1, 0.15) is 16.8 Å². The van der Waals surface area contributed by atoms with Gasteiger partial charge in [-0.2, -0.15) is 4.98 Å². The van der Waals surface area contributed by atoms with Crippen molar-refractivity contribution in [2.45, 2.75) is 18.5 Å². The number of H-pyrrole nitrogens is 1. The van der Waals surface area contributed by atoms with Crippen LogP contribution >= 0.6 is 0 Å². The van der Waals surface area contributed by atoms with Crippen molar-refractivity contribution >= 4 is 85.0 Å². The minimum atomic E-state index is -1.82. The maximum absolute atomic E-state index is 12.9. The molecule has 1 aromatic carbocycles. The van der Waals surface area contributed by atoms with Gasteiger partial charge in [-0.1, -0.05) is 12.1 Å². The summed E-state index contributed by atoms with van der Waals surface area (Å²) in [6.07, 6.45) is -0.247. The standard InChI is InChI=1S/C20H23N7O7.Ca/c21-12(19(33)34)5-11(18(31)32)15(29)10-3-1-2-4-13(10)23-6-9-7-24-16-14(27(9)8-28)17(30)26-20(22)25-16;/h1-4,8-9,11-12,23H,5-7,21H2,(H,31,32)(H,33,34)(H4,22,24,25,26,30);/q;+2/p-2/t9?,11?,12-;/m0./s1. The number of benzene rings is 1. The molecule has 0 saturated heterocycles. The largest absolute Gasteiger partial charge is 2.00 e. The van der Waals surface area contributed by atoms with Gasteiger partial charge in [-0.05, 0) is 18.6 Å². The van der Waals surface area contributed by atoms with Crippen molar-refractivity contribution in [2.75, 3.05) is 34.4 Å². The zero-order valence-corrected chi connectivity index (χ0v) is 20.6. The van der Waals surface area contributed by atoms with E-state index in [-0.39, 0.29) is 79.5 Å². The van der Waals surface area contributed by atoms with E-state index >= 15 is 0 Å². The summed E-state index contributed by atoms with van der Waals surface area (Å²) in [7, 11) is 0. The number of rotatable bonds is 10. The van der Waals surface area contributed by atoms with Gasteiger partial charge in [0.05, 0.1) is 23.9 Å². The van der Waals surface area contributed by atoms with E-state index in [1.807, 2.05) is 0 Å². The van der Waals surface area contributed by atoms with Crippen molar-refractivity contribution in [3.8, 4) is 0 Å². The molecule has 0 radical (unpaired) electrons. The molecule has 1 amide bonds. The van der Waals surface area contributed by atoms with Crippen LogP contribution in [0.3, 0.4) is 0 Å². The number of aliphatic carboxylic acids is 2. The molecule has 0 bridgehead atoms. The molecule has 2 aromatic rings. The molecule has 2 unspecified atom stereocenters. The number of para-hydroxylation sites is 1. The minimum Gasteiger partial charge on any atom is -0.549 e. The maximum atomic E-state index is 12.9. The number of fused-ring (bicyclic) bond motifs is 1. The molecule has 180 valence electrons. The van der Waals surface area contributed by atoms with E-state index in [1.54, 1.807) is 6.07 Å². The first-order valence-corrected chi connectivity index (χ1v) is 10.1. The third kappa shape index (κ3) is 6.28. The van der Waals surface area contributed by atoms with Crippen molar-refractivity contribution in [3.63, 3.8) is 0 Å². The van der Waals surface area contributed by atoms with E-state index in [0.29, 0.717) is 6.41 Å². The van der Waals surface area contributed by atoms with E-state index in [0.717, 1.165) is 4.90 Å². The van der Waals surface area contributed by atoms with Crippen LogP contribution in [0.5, 0.6) is 0 Å². The fourth-order valence-electron chi connectivity index (χ4n) is 3.58. The molecular formula is C20H21CaN7O7. The van der Waals surface area contributed by atoms with E-state index in [9.17, 15) is 34.2 Å². The second kappa shape index (κ2) is 12.0. The Morgan fingerprint density at radius 3 is 2.57 bits per heavy atom. The molecule has 3 atom stereocenters. The van der Waals surface area contributed by atoms with Gasteiger partial charge < -0.3 is 46.8 Å². The quantitative estimate of drug-likeness (QED) is 0.0884. The van der Waals surface area contributed by atoms with Gasteiger partial charge in [0.25, 0.3) is 5.56 Å². The number of anilines is 4. The predicted molar refractivity (Wildman–Crippen MR) is 121 cm³/mol. The van der Waals surface area contributed by atoms with Gasteiger partial charge in [0.15, 0.2) is 17.3 Å². The summed E-state index contributed by atoms with van der Waals surface area (Å²) in [6, 6.07) is 3.67. The van der Waals surface area contributed by atoms with E-state index in [2.05, 4.69) is 20.6 Å². The summed E-state index contributed by atoms with van der Waals surface area (Å²) in [5.41, 5.74) is 10.4. The predicted octanol–water partition coefficient (Wildman–Crippen LogP) is -4.14. The number of hydrogen-bond acceptors (Lipinski definition) is 12. The first kappa shape index (κ1) is 28.0. The maximum Gasteiger partial charge on any atom is 2.00 e. The summed E-state index contributed by atoms with van der Waals surface area (Å²) < 4.78 is 0. The number of nitrogens with two attached hydrogens (primary N) is 2. The smallest absolute Gasteiger partial charge is 0.549 e. The number of nitrogens with one attached hydrogen (secondary N) is 3. The number of carboxylic acids is 2. The molecule has 35 heavy (non-hydrogen) atoms. The number of aromatic nitrogens is 2. The van der Waals surface area contributed by atoms with Crippen molar-refractivity contribution in [1.82, 2.24) is 9.97 Å². The van der Waals surface area contributed by atoms with Gasteiger partial charge in [0, 0.05) is 30.4 Å². The average molecular weight is 512 g/mol. The fourth-order valence-corrected chi connectivity index (χ4v) is 3.58. The topological polar surface area (TPSA) is 239 Å². The van der Waals surface area contributed by atoms with Gasteiger partial charge in [-0.25, -0.2) is 0 Å². The Balaban J connectivity index is 0.00000432. The number of carbonyl (C=O) groups is 4. The molecule has 15 heteroatoms. The first-order chi connectivity index (χ1) is 16.1. The molecule has 0 aliphatic carbocycles. The summed E-state index contributed by atoms with van der Waals surface area (Å²) in [5.74, 6) is -6.18. The van der Waals surface area contributed by atoms with Crippen LogP contribution in [0, 0.1) is 5.92 Å². The molecule has 1 aliphatic rings. The second-order valence-electron chi connectivity index (χ2n) is 7.52. The number of amides is 1. The number of ketones is 1. The number of hydrogen-bond donors (Lipinski definition) is 5. The Hall–Kier alpha value is -3.20. The summed E-state index contributed by atoms with van der Waals surface area (Å²) >= 11 is 0. The van der Waals surface area contributed by atoms with Crippen molar-refractivity contribution in [2.24, 2.45) is 11.7 Å². The van der Waals surface area contributed by atoms with Gasteiger partial charge >= 0.3 is 37.7 Å². The summed E-state index contributed by atoms with van der Waals surface area (Å²) in [5, 5.41) is 28.3. The van der Waals surface area contributed by atoms with Gasteiger partial charge in [-0.15, -0.1) is 0 Å². The van der Waals surface area contributed by atoms with Crippen molar-refractivity contribution in [3.05, 3.63) is 40.2 Å². The number of Topliss-reactive ketones (excluding diaryl/α,β-unsaturated/α-hetero) is 1. The molecule has 0 spiro atoms. The van der Waals surface area contributed by atoms with E-state index in [4.69, 9.17) is 11.5 Å². The van der Waals surface area contributed by atoms with E-state index < -0.39 is 47.7 Å². The summed E-state index contributed by atoms with van der Waals surface area (Å²) in [4.78, 5) is 66.8. The van der Waals surface area contributed by atoms with Gasteiger partial charge in [0.1, 0.15) is 0 Å². The van der Waals surface area contributed by atoms with Crippen LogP contribution < -0.4 is 42.8 Å². The van der Waals surface area contributed by atoms with Crippen LogP contribution in [-0.2, 0) is 14.4 Å². The monoisotopic (exact) mass is 511 g/mol. The second-order valence-corrected chi connectivity index (χ2v) is 7.52. The zero-order valence-electron chi connectivity index (χ0n) is 18.4. The summed E-state index contributed by atoms with van der Waals surface area (Å²) in [6.45, 7) is 0.237. The Morgan fingerprint density at radius 1 is 1.26 bits per heavy atom. The minimum absolute atomic E-state index is 0. The van der Waals surface area contributed by atoms with Crippen molar-refractivity contribution in [1.29, 1.82) is 0 Å². The van der Waals surface area contributed by atoms with Crippen LogP contribution in [-0.4, -0.2) is 97.0 Å². The van der Waals surface area contributed by atoms with Gasteiger partial charge in [0.2, 0.25) is 12.4 Å². The molecular weight excluding hydrogens is 490 g/mol. The molecule has 3 rings (SSSR count). The fraction of sp³-hybridized carbons (Fsp3) is 0.300. The first-order valence-electron chi connectivity index (χ1n) is 10.1. The molecule has 1 aromatic heterocycles. The van der Waals surface area contributed by atoms with Crippen LogP contribution in [0.25, 0.3) is 0 Å². The molecule has 7 N–H and O–H groups in total. The van der Waals surface area contributed by atoms with Crippen LogP contribution in [0.15, 0.2) is 29.1 Å².